The Balaban J connectivity index is 1.26. The number of esters is 4. The third-order valence-corrected chi connectivity index (χ3v) is 11.6. The first-order chi connectivity index (χ1) is 33.2. The molecule has 358 valence electrons. The first-order valence-corrected chi connectivity index (χ1v) is 22.6. The molecule has 0 spiro atoms. The third-order valence-electron chi connectivity index (χ3n) is 11.6. The number of carbonyl (C=O) groups excluding carboxylic acids is 6. The molecule has 1 unspecified atom stereocenters. The Morgan fingerprint density at radius 3 is 1.93 bits per heavy atom. The molecule has 2 amide bonds. The van der Waals surface area contributed by atoms with E-state index in [1.165, 1.54) is 44.2 Å². The van der Waals surface area contributed by atoms with E-state index < -0.39 is 78.3 Å². The number of halogens is 1. The fourth-order valence-electron chi connectivity index (χ4n) is 8.46. The van der Waals surface area contributed by atoms with Crippen LogP contribution in [0.3, 0.4) is 0 Å². The van der Waals surface area contributed by atoms with Gasteiger partial charge in [0, 0.05) is 44.5 Å². The maximum absolute atomic E-state index is 14.1. The van der Waals surface area contributed by atoms with Crippen molar-refractivity contribution in [2.75, 3.05) is 18.1 Å². The van der Waals surface area contributed by atoms with Gasteiger partial charge in [0.15, 0.2) is 24.1 Å². The van der Waals surface area contributed by atoms with Crippen molar-refractivity contribution in [3.8, 4) is 28.0 Å². The Labute approximate surface area is 399 Å². The summed E-state index contributed by atoms with van der Waals surface area (Å²) < 4.78 is 48.8. The number of carbonyl (C=O) groups is 6. The molecular weight excluding hydrogens is 888 g/mol. The van der Waals surface area contributed by atoms with Crippen molar-refractivity contribution in [1.82, 2.24) is 5.32 Å². The number of benzene rings is 5. The lowest BCUT2D eigenvalue weighted by Crippen LogP contribution is -2.59. The maximum atomic E-state index is 14.1. The minimum atomic E-state index is -1.33. The number of unbranched alkanes of at least 4 members (excludes halogenated alkanes) is 1. The summed E-state index contributed by atoms with van der Waals surface area (Å²) in [6, 6.07) is 33.8. The van der Waals surface area contributed by atoms with Crippen molar-refractivity contribution in [2.24, 2.45) is 0 Å². The van der Waals surface area contributed by atoms with Crippen molar-refractivity contribution in [3.63, 3.8) is 0 Å². The summed E-state index contributed by atoms with van der Waals surface area (Å²) in [6.45, 7) is 6.78. The summed E-state index contributed by atoms with van der Waals surface area (Å²) in [5.74, 6) is -3.13. The number of allylic oxidation sites excluding steroid dienone is 1. The van der Waals surface area contributed by atoms with Gasteiger partial charge in [0.05, 0.1) is 18.7 Å². The molecule has 5 aromatic rings. The zero-order valence-corrected chi connectivity index (χ0v) is 38.8. The Morgan fingerprint density at radius 1 is 0.696 bits per heavy atom. The van der Waals surface area contributed by atoms with Crippen LogP contribution in [-0.4, -0.2) is 79.4 Å². The van der Waals surface area contributed by atoms with Crippen LogP contribution in [0.25, 0.3) is 22.3 Å². The molecular formula is C54H53FN2O12. The van der Waals surface area contributed by atoms with E-state index in [9.17, 15) is 33.2 Å². The van der Waals surface area contributed by atoms with Crippen LogP contribution in [0.5, 0.6) is 5.75 Å². The predicted molar refractivity (Wildman–Crippen MR) is 252 cm³/mol. The van der Waals surface area contributed by atoms with Crippen molar-refractivity contribution < 1.29 is 61.6 Å². The number of ketones is 1. The lowest BCUT2D eigenvalue weighted by atomic mass is 9.89. The molecule has 0 radical (unpaired) electrons. The summed E-state index contributed by atoms with van der Waals surface area (Å²) >= 11 is 0. The third kappa shape index (κ3) is 12.1. The molecule has 2 aliphatic rings. The van der Waals surface area contributed by atoms with E-state index in [1.54, 1.807) is 23.1 Å². The van der Waals surface area contributed by atoms with Crippen molar-refractivity contribution in [1.29, 1.82) is 0 Å². The SMILES string of the molecule is CCCCOc1cc(-c2ccc(C3O[C@H](COC(C)=O)[C@@H](OC(C)=O)[C@H](OC(C)=O)[C@H]3OC(C)=O)cc2)ccc1[C@@H]1[C@H](/C=C/C(=O)c2ccc(F)cc2)NC(=O)N1c1ccc(-c2ccccc2)cc1. The molecule has 2 fully saturated rings. The van der Waals surface area contributed by atoms with Gasteiger partial charge in [-0.15, -0.1) is 0 Å². The minimum absolute atomic E-state index is 0.287. The van der Waals surface area contributed by atoms with E-state index in [1.807, 2.05) is 91.9 Å². The number of rotatable bonds is 17. The molecule has 15 heteroatoms. The zero-order valence-electron chi connectivity index (χ0n) is 38.8. The Kier molecular flexibility index (Phi) is 16.0. The average molecular weight is 941 g/mol. The number of nitrogens with one attached hydrogen (secondary N) is 1. The van der Waals surface area contributed by atoms with Crippen molar-refractivity contribution in [2.45, 2.75) is 90.1 Å². The van der Waals surface area contributed by atoms with Gasteiger partial charge in [0.2, 0.25) is 0 Å². The lowest BCUT2D eigenvalue weighted by Gasteiger charge is -2.44. The van der Waals surface area contributed by atoms with Gasteiger partial charge in [-0.3, -0.25) is 28.9 Å². The van der Waals surface area contributed by atoms with Gasteiger partial charge in [-0.2, -0.15) is 0 Å². The molecule has 0 aliphatic carbocycles. The quantitative estimate of drug-likeness (QED) is 0.0308. The Bertz CT molecular complexity index is 2670. The normalized spacial score (nSPS) is 21.0. The second-order valence-corrected chi connectivity index (χ2v) is 16.6. The molecule has 7 atom stereocenters. The number of anilines is 1. The van der Waals surface area contributed by atoms with E-state index in [4.69, 9.17) is 28.4 Å². The summed E-state index contributed by atoms with van der Waals surface area (Å²) in [5, 5.41) is 3.06. The molecule has 0 bridgehead atoms. The van der Waals surface area contributed by atoms with Crippen LogP contribution in [0, 0.1) is 5.82 Å². The van der Waals surface area contributed by atoms with Crippen molar-refractivity contribution in [3.05, 3.63) is 156 Å². The minimum Gasteiger partial charge on any atom is -0.493 e. The molecule has 69 heavy (non-hydrogen) atoms. The van der Waals surface area contributed by atoms with Crippen LogP contribution < -0.4 is 15.0 Å². The molecule has 7 rings (SSSR count). The van der Waals surface area contributed by atoms with Gasteiger partial charge >= 0.3 is 29.9 Å². The average Bonchev–Trinajstić information content (AvgIpc) is 3.66. The molecule has 1 N–H and O–H groups in total. The summed E-state index contributed by atoms with van der Waals surface area (Å²) in [7, 11) is 0. The zero-order chi connectivity index (χ0) is 49.2. The van der Waals surface area contributed by atoms with E-state index >= 15 is 0 Å². The molecule has 14 nitrogen and oxygen atoms in total. The van der Waals surface area contributed by atoms with Gasteiger partial charge in [-0.05, 0) is 82.8 Å². The first-order valence-electron chi connectivity index (χ1n) is 22.6. The highest BCUT2D eigenvalue weighted by Crippen LogP contribution is 2.43. The van der Waals surface area contributed by atoms with E-state index in [2.05, 4.69) is 5.32 Å². The largest absolute Gasteiger partial charge is 0.493 e. The van der Waals surface area contributed by atoms with Crippen LogP contribution in [0.4, 0.5) is 14.9 Å². The molecule has 0 aromatic heterocycles. The van der Waals surface area contributed by atoms with Crippen LogP contribution >= 0.6 is 0 Å². The van der Waals surface area contributed by atoms with E-state index in [-0.39, 0.29) is 18.0 Å². The lowest BCUT2D eigenvalue weighted by molar-refractivity contribution is -0.254. The molecule has 2 heterocycles. The van der Waals surface area contributed by atoms with E-state index in [0.29, 0.717) is 29.2 Å². The molecule has 5 aromatic carbocycles. The highest BCUT2D eigenvalue weighted by Gasteiger charge is 2.52. The van der Waals surface area contributed by atoms with Crippen LogP contribution in [0.2, 0.25) is 0 Å². The highest BCUT2D eigenvalue weighted by atomic mass is 19.1. The van der Waals surface area contributed by atoms with Gasteiger partial charge < -0.3 is 33.7 Å². The number of nitrogens with zero attached hydrogens (tertiary/aromatic N) is 1. The van der Waals surface area contributed by atoms with Crippen LogP contribution in [0.1, 0.15) is 81.1 Å². The maximum Gasteiger partial charge on any atom is 0.323 e. The number of hydrogen-bond donors (Lipinski definition) is 1. The van der Waals surface area contributed by atoms with Gasteiger partial charge in [0.25, 0.3) is 0 Å². The second-order valence-electron chi connectivity index (χ2n) is 16.6. The summed E-state index contributed by atoms with van der Waals surface area (Å²) in [4.78, 5) is 78.2. The predicted octanol–water partition coefficient (Wildman–Crippen LogP) is 9.22. The van der Waals surface area contributed by atoms with E-state index in [0.717, 1.165) is 48.9 Å². The van der Waals surface area contributed by atoms with Gasteiger partial charge in [-0.1, -0.05) is 98.3 Å². The smallest absolute Gasteiger partial charge is 0.323 e. The standard InChI is InChI=1S/C54H53FN2O12/c1-6-7-29-64-47-30-41(38-13-15-40(16-14-38)50-52(67-34(4)60)53(68-35(5)61)51(66-33(3)59)48(69-50)31-65-32(2)58)21-26-44(47)49-45(27-28-46(62)39-17-22-42(55)23-18-39)56-54(63)57(49)43-24-19-37(20-25-43)36-11-9-8-10-12-36/h8-28,30,45,48-53H,6-7,29,31H2,1-5H3,(H,56,63)/b28-27+/t45-,48+,49+,50?,51+,52-,53-/m0/s1. The van der Waals surface area contributed by atoms with Crippen LogP contribution in [0.15, 0.2) is 133 Å². The monoisotopic (exact) mass is 940 g/mol. The van der Waals surface area contributed by atoms with Crippen LogP contribution in [-0.2, 0) is 42.9 Å². The number of urea groups is 1. The molecule has 0 saturated carbocycles. The molecule has 2 saturated heterocycles. The fraction of sp³-hybridized carbons (Fsp3) is 0.296. The fourth-order valence-corrected chi connectivity index (χ4v) is 8.46. The molecule has 2 aliphatic heterocycles. The van der Waals surface area contributed by atoms with Gasteiger partial charge in [-0.25, -0.2) is 9.18 Å². The number of hydrogen-bond acceptors (Lipinski definition) is 12. The highest BCUT2D eigenvalue weighted by molar-refractivity contribution is 6.05. The summed E-state index contributed by atoms with van der Waals surface area (Å²) in [5.41, 5.74) is 5.53. The first kappa shape index (κ1) is 49.3. The number of ether oxygens (including phenoxy) is 6. The Morgan fingerprint density at radius 2 is 1.29 bits per heavy atom. The Hall–Kier alpha value is -7.65. The second kappa shape index (κ2) is 22.4. The number of amides is 2. The summed E-state index contributed by atoms with van der Waals surface area (Å²) in [6.07, 6.45) is -1.47. The van der Waals surface area contributed by atoms with Gasteiger partial charge in [0.1, 0.15) is 30.4 Å². The van der Waals surface area contributed by atoms with Crippen molar-refractivity contribution >= 4 is 41.4 Å². The topological polar surface area (TPSA) is 173 Å².